The lowest BCUT2D eigenvalue weighted by Gasteiger charge is -2.26. The van der Waals surface area contributed by atoms with Crippen molar-refractivity contribution in [3.05, 3.63) is 45.8 Å². The first-order valence-corrected chi connectivity index (χ1v) is 9.94. The van der Waals surface area contributed by atoms with E-state index in [1.54, 1.807) is 45.1 Å². The first-order chi connectivity index (χ1) is 14.5. The Balaban J connectivity index is 1.86. The van der Waals surface area contributed by atoms with Crippen LogP contribution in [0.1, 0.15) is 17.8 Å². The van der Waals surface area contributed by atoms with E-state index in [1.165, 1.54) is 11.3 Å². The van der Waals surface area contributed by atoms with Gasteiger partial charge in [0.05, 0.1) is 26.9 Å². The van der Waals surface area contributed by atoms with Gasteiger partial charge >= 0.3 is 0 Å². The number of primary amides is 1. The molecule has 1 unspecified atom stereocenters. The molecule has 1 atom stereocenters. The lowest BCUT2D eigenvalue weighted by Crippen LogP contribution is -2.31. The Kier molecular flexibility index (Phi) is 5.08. The van der Waals surface area contributed by atoms with Crippen LogP contribution >= 0.6 is 11.3 Å². The molecule has 0 saturated heterocycles. The molecule has 0 spiro atoms. The van der Waals surface area contributed by atoms with E-state index in [4.69, 9.17) is 19.9 Å². The van der Waals surface area contributed by atoms with E-state index >= 15 is 0 Å². The molecular formula is C20H21N5O4S. The average molecular weight is 427 g/mol. The Bertz CT molecular complexity index is 1110. The zero-order valence-corrected chi connectivity index (χ0v) is 17.7. The van der Waals surface area contributed by atoms with Crippen LogP contribution in [0, 0.1) is 0 Å². The smallest absolute Gasteiger partial charge is 0.248 e. The molecule has 0 saturated carbocycles. The van der Waals surface area contributed by atoms with Gasteiger partial charge in [0.1, 0.15) is 6.04 Å². The maximum absolute atomic E-state index is 12.2. The van der Waals surface area contributed by atoms with Gasteiger partial charge in [-0.3, -0.25) is 4.79 Å². The minimum Gasteiger partial charge on any atom is -0.493 e. The van der Waals surface area contributed by atoms with Crippen molar-refractivity contribution in [2.45, 2.75) is 13.0 Å². The Morgan fingerprint density at radius 1 is 1.20 bits per heavy atom. The molecule has 9 nitrogen and oxygen atoms in total. The standard InChI is InChI=1S/C20H21N5O4S/c1-10-15(18(21)26)16(14-6-5-7-30-14)25-20(22-10)23-19(24-25)11-8-12(27-2)17(29-4)13(9-11)28-3/h5-9,16H,1-4H3,(H2,21,26)(H,22,23,24). The lowest BCUT2D eigenvalue weighted by atomic mass is 10.0. The minimum atomic E-state index is -0.506. The summed E-state index contributed by atoms with van der Waals surface area (Å²) in [6, 6.07) is 6.96. The van der Waals surface area contributed by atoms with E-state index in [1.807, 2.05) is 17.5 Å². The van der Waals surface area contributed by atoms with Gasteiger partial charge in [-0.15, -0.1) is 16.4 Å². The second-order valence-electron chi connectivity index (χ2n) is 6.56. The summed E-state index contributed by atoms with van der Waals surface area (Å²) in [4.78, 5) is 17.8. The summed E-state index contributed by atoms with van der Waals surface area (Å²) in [5.74, 6) is 1.92. The van der Waals surface area contributed by atoms with Crippen LogP contribution in [0.4, 0.5) is 5.95 Å². The molecule has 156 valence electrons. The summed E-state index contributed by atoms with van der Waals surface area (Å²) in [7, 11) is 4.64. The molecule has 2 aromatic heterocycles. The molecule has 1 aliphatic rings. The number of aromatic nitrogens is 3. The number of fused-ring (bicyclic) bond motifs is 1. The highest BCUT2D eigenvalue weighted by atomic mass is 32.1. The third-order valence-corrected chi connectivity index (χ3v) is 5.78. The number of nitrogens with two attached hydrogens (primary N) is 1. The van der Waals surface area contributed by atoms with Gasteiger partial charge in [-0.25, -0.2) is 4.68 Å². The Hall–Kier alpha value is -3.53. The number of anilines is 1. The van der Waals surface area contributed by atoms with Crippen LogP contribution < -0.4 is 25.3 Å². The molecule has 0 bridgehead atoms. The van der Waals surface area contributed by atoms with E-state index in [2.05, 4.69) is 15.4 Å². The Labute approximate surface area is 177 Å². The van der Waals surface area contributed by atoms with Crippen LogP contribution in [0.2, 0.25) is 0 Å². The van der Waals surface area contributed by atoms with Gasteiger partial charge in [0.25, 0.3) is 0 Å². The molecule has 3 heterocycles. The maximum Gasteiger partial charge on any atom is 0.248 e. The summed E-state index contributed by atoms with van der Waals surface area (Å²) < 4.78 is 17.9. The quantitative estimate of drug-likeness (QED) is 0.622. The predicted octanol–water partition coefficient (Wildman–Crippen LogP) is 2.81. The van der Waals surface area contributed by atoms with Crippen LogP contribution in [-0.2, 0) is 4.79 Å². The van der Waals surface area contributed by atoms with Crippen molar-refractivity contribution in [2.75, 3.05) is 26.6 Å². The van der Waals surface area contributed by atoms with Crippen LogP contribution in [0.5, 0.6) is 17.2 Å². The first kappa shape index (κ1) is 19.8. The average Bonchev–Trinajstić information content (AvgIpc) is 3.41. The van der Waals surface area contributed by atoms with Crippen LogP contribution in [-0.4, -0.2) is 42.0 Å². The van der Waals surface area contributed by atoms with Crippen molar-refractivity contribution >= 4 is 23.2 Å². The van der Waals surface area contributed by atoms with Crippen molar-refractivity contribution in [3.8, 4) is 28.6 Å². The van der Waals surface area contributed by atoms with Crippen molar-refractivity contribution in [1.29, 1.82) is 0 Å². The molecule has 0 aliphatic carbocycles. The molecule has 30 heavy (non-hydrogen) atoms. The molecule has 3 aromatic rings. The number of thiophene rings is 1. The van der Waals surface area contributed by atoms with Crippen LogP contribution in [0.15, 0.2) is 40.9 Å². The Morgan fingerprint density at radius 3 is 2.43 bits per heavy atom. The molecule has 1 aliphatic heterocycles. The number of carbonyl (C=O) groups excluding carboxylic acids is 1. The molecule has 0 radical (unpaired) electrons. The number of ether oxygens (including phenoxy) is 3. The number of nitrogens with zero attached hydrogens (tertiary/aromatic N) is 3. The third-order valence-electron chi connectivity index (χ3n) is 4.85. The minimum absolute atomic E-state index is 0.442. The molecule has 4 rings (SSSR count). The second kappa shape index (κ2) is 7.71. The number of allylic oxidation sites excluding steroid dienone is 1. The number of rotatable bonds is 6. The van der Waals surface area contributed by atoms with E-state index in [0.29, 0.717) is 45.9 Å². The van der Waals surface area contributed by atoms with Gasteiger partial charge in [0.15, 0.2) is 17.3 Å². The summed E-state index contributed by atoms with van der Waals surface area (Å²) >= 11 is 1.52. The number of carbonyl (C=O) groups is 1. The van der Waals surface area contributed by atoms with Crippen molar-refractivity contribution in [3.63, 3.8) is 0 Å². The van der Waals surface area contributed by atoms with Crippen LogP contribution in [0.25, 0.3) is 11.4 Å². The first-order valence-electron chi connectivity index (χ1n) is 9.06. The van der Waals surface area contributed by atoms with Crippen LogP contribution in [0.3, 0.4) is 0 Å². The summed E-state index contributed by atoms with van der Waals surface area (Å²) in [5, 5.41) is 9.77. The fraction of sp³-hybridized carbons (Fsp3) is 0.250. The second-order valence-corrected chi connectivity index (χ2v) is 7.54. The highest BCUT2D eigenvalue weighted by molar-refractivity contribution is 7.10. The van der Waals surface area contributed by atoms with E-state index < -0.39 is 11.9 Å². The van der Waals surface area contributed by atoms with Gasteiger partial charge < -0.3 is 25.3 Å². The van der Waals surface area contributed by atoms with E-state index in [-0.39, 0.29) is 0 Å². The largest absolute Gasteiger partial charge is 0.493 e. The monoisotopic (exact) mass is 427 g/mol. The Morgan fingerprint density at radius 2 is 1.90 bits per heavy atom. The van der Waals surface area contributed by atoms with Gasteiger partial charge in [-0.05, 0) is 30.5 Å². The SMILES string of the molecule is COc1cc(-c2nc3n(n2)C(c2cccs2)C(C(N)=O)=C(C)N3)cc(OC)c1OC. The number of nitrogens with one attached hydrogen (secondary N) is 1. The topological polar surface area (TPSA) is 114 Å². The fourth-order valence-corrected chi connectivity index (χ4v) is 4.33. The van der Waals surface area contributed by atoms with E-state index in [0.717, 1.165) is 4.88 Å². The van der Waals surface area contributed by atoms with Gasteiger partial charge in [-0.1, -0.05) is 6.07 Å². The van der Waals surface area contributed by atoms with Crippen molar-refractivity contribution in [1.82, 2.24) is 14.8 Å². The summed E-state index contributed by atoms with van der Waals surface area (Å²) in [6.45, 7) is 1.80. The summed E-state index contributed by atoms with van der Waals surface area (Å²) in [6.07, 6.45) is 0. The van der Waals surface area contributed by atoms with Crippen molar-refractivity contribution < 1.29 is 19.0 Å². The number of benzene rings is 1. The number of hydrogen-bond donors (Lipinski definition) is 2. The predicted molar refractivity (Wildman–Crippen MR) is 113 cm³/mol. The molecular weight excluding hydrogens is 406 g/mol. The zero-order valence-electron chi connectivity index (χ0n) is 16.9. The van der Waals surface area contributed by atoms with Gasteiger partial charge in [0, 0.05) is 16.1 Å². The summed E-state index contributed by atoms with van der Waals surface area (Å²) in [5.41, 5.74) is 7.47. The number of amides is 1. The molecule has 1 amide bonds. The highest BCUT2D eigenvalue weighted by Crippen LogP contribution is 2.42. The number of methoxy groups -OCH3 is 3. The van der Waals surface area contributed by atoms with Gasteiger partial charge in [-0.2, -0.15) is 4.98 Å². The molecule has 3 N–H and O–H groups in total. The van der Waals surface area contributed by atoms with E-state index in [9.17, 15) is 4.79 Å². The third kappa shape index (κ3) is 3.14. The molecule has 0 fully saturated rings. The van der Waals surface area contributed by atoms with Gasteiger partial charge in [0.2, 0.25) is 17.6 Å². The lowest BCUT2D eigenvalue weighted by molar-refractivity contribution is -0.115. The molecule has 1 aromatic carbocycles. The zero-order chi connectivity index (χ0) is 21.4. The van der Waals surface area contributed by atoms with Crippen molar-refractivity contribution in [2.24, 2.45) is 5.73 Å². The molecule has 10 heteroatoms. The highest BCUT2D eigenvalue weighted by Gasteiger charge is 2.34. The fourth-order valence-electron chi connectivity index (χ4n) is 3.51. The number of hydrogen-bond acceptors (Lipinski definition) is 8. The maximum atomic E-state index is 12.2. The normalized spacial score (nSPS) is 15.4.